The number of aliphatic hydroxyl groups is 2. The van der Waals surface area contributed by atoms with Gasteiger partial charge in [-0.1, -0.05) is 20.4 Å². The van der Waals surface area contributed by atoms with E-state index in [1.807, 2.05) is 6.92 Å². The van der Waals surface area contributed by atoms with Crippen molar-refractivity contribution in [2.75, 3.05) is 6.61 Å². The first-order chi connectivity index (χ1) is 11.3. The van der Waals surface area contributed by atoms with E-state index < -0.39 is 11.7 Å². The summed E-state index contributed by atoms with van der Waals surface area (Å²) in [6.07, 6.45) is 3.35. The van der Waals surface area contributed by atoms with Crippen LogP contribution in [0.5, 0.6) is 0 Å². The van der Waals surface area contributed by atoms with Gasteiger partial charge in [-0.15, -0.1) is 0 Å². The van der Waals surface area contributed by atoms with Crippen molar-refractivity contribution in [2.45, 2.75) is 82.4 Å². The summed E-state index contributed by atoms with van der Waals surface area (Å²) < 4.78 is 12.5. The van der Waals surface area contributed by atoms with Crippen LogP contribution in [-0.2, 0) is 9.47 Å². The minimum atomic E-state index is -0.913. The summed E-state index contributed by atoms with van der Waals surface area (Å²) in [6, 6.07) is 0. The molecule has 0 aromatic rings. The molecule has 4 fully saturated rings. The molecule has 8 atom stereocenters. The Balaban J connectivity index is 1.75. The van der Waals surface area contributed by atoms with Gasteiger partial charge in [-0.25, -0.2) is 0 Å². The van der Waals surface area contributed by atoms with Crippen LogP contribution in [0.3, 0.4) is 0 Å². The smallest absolute Gasteiger partial charge is 0.0973 e. The monoisotopic (exact) mass is 336 g/mol. The molecule has 4 heteroatoms. The normalized spacial score (nSPS) is 54.3. The van der Waals surface area contributed by atoms with Gasteiger partial charge in [-0.3, -0.25) is 0 Å². The van der Waals surface area contributed by atoms with Gasteiger partial charge in [-0.2, -0.15) is 0 Å². The minimum Gasteiger partial charge on any atom is -0.389 e. The zero-order valence-electron chi connectivity index (χ0n) is 15.2. The Morgan fingerprint density at radius 2 is 1.96 bits per heavy atom. The molecule has 4 rings (SSSR count). The molecule has 4 aliphatic rings. The van der Waals surface area contributed by atoms with E-state index in [1.54, 1.807) is 0 Å². The van der Waals surface area contributed by atoms with Gasteiger partial charge in [0.15, 0.2) is 0 Å². The number of aliphatic hydroxyl groups excluding tert-OH is 1. The quantitative estimate of drug-likeness (QED) is 0.571. The zero-order valence-corrected chi connectivity index (χ0v) is 15.2. The Bertz CT molecular complexity index is 522. The lowest BCUT2D eigenvalue weighted by Crippen LogP contribution is -2.51. The summed E-state index contributed by atoms with van der Waals surface area (Å²) in [5.74, 6) is 1.79. The maximum atomic E-state index is 11.2. The van der Waals surface area contributed by atoms with Gasteiger partial charge in [0.2, 0.25) is 0 Å². The summed E-state index contributed by atoms with van der Waals surface area (Å²) in [5.41, 5.74) is -0.112. The van der Waals surface area contributed by atoms with Crippen LogP contribution in [0, 0.1) is 23.7 Å². The fraction of sp³-hybridized carbons (Fsp3) is 0.900. The summed E-state index contributed by atoms with van der Waals surface area (Å²) >= 11 is 0. The van der Waals surface area contributed by atoms with E-state index in [4.69, 9.17) is 9.47 Å². The fourth-order valence-electron chi connectivity index (χ4n) is 5.86. The molecule has 4 nitrogen and oxygen atoms in total. The van der Waals surface area contributed by atoms with Crippen molar-refractivity contribution in [1.82, 2.24) is 0 Å². The maximum Gasteiger partial charge on any atom is 0.0973 e. The number of fused-ring (bicyclic) bond motifs is 6. The van der Waals surface area contributed by atoms with Gasteiger partial charge in [0.25, 0.3) is 0 Å². The number of epoxide rings is 1. The van der Waals surface area contributed by atoms with E-state index in [-0.39, 0.29) is 17.8 Å². The van der Waals surface area contributed by atoms with E-state index in [0.29, 0.717) is 42.9 Å². The van der Waals surface area contributed by atoms with E-state index >= 15 is 0 Å². The summed E-state index contributed by atoms with van der Waals surface area (Å²) in [6.45, 7) is 11.4. The van der Waals surface area contributed by atoms with Gasteiger partial charge >= 0.3 is 0 Å². The molecule has 1 saturated carbocycles. The van der Waals surface area contributed by atoms with Crippen LogP contribution in [0.2, 0.25) is 0 Å². The van der Waals surface area contributed by atoms with E-state index in [2.05, 4.69) is 20.4 Å². The number of hydrogen-bond acceptors (Lipinski definition) is 4. The molecule has 3 aliphatic heterocycles. The average molecular weight is 336 g/mol. The zero-order chi connectivity index (χ0) is 17.3. The lowest BCUT2D eigenvalue weighted by molar-refractivity contribution is -0.118. The highest BCUT2D eigenvalue weighted by atomic mass is 16.6. The minimum absolute atomic E-state index is 0.00998. The second kappa shape index (κ2) is 5.54. The van der Waals surface area contributed by atoms with Gasteiger partial charge in [0.05, 0.1) is 36.1 Å². The maximum absolute atomic E-state index is 11.2. The van der Waals surface area contributed by atoms with Gasteiger partial charge in [-0.05, 0) is 62.4 Å². The van der Waals surface area contributed by atoms with Crippen LogP contribution in [0.4, 0.5) is 0 Å². The standard InChI is InChI=1S/C20H32O4/c1-11(2)13-5-8-20(10-23-20)17-15-9-12(3)14(21)6-7-19(4,22)18(24-15)16(13)17/h11,13-18,21-22H,3,5-10H2,1-2,4H3/t13-,14+,15-,16-,17-,18-,19-,20+/m1/s1. The van der Waals surface area contributed by atoms with Crippen molar-refractivity contribution in [3.05, 3.63) is 12.2 Å². The largest absolute Gasteiger partial charge is 0.389 e. The number of ether oxygens (including phenoxy) is 2. The molecule has 0 amide bonds. The Morgan fingerprint density at radius 3 is 2.58 bits per heavy atom. The Kier molecular flexibility index (Phi) is 3.93. The van der Waals surface area contributed by atoms with Gasteiger partial charge in [0, 0.05) is 5.92 Å². The topological polar surface area (TPSA) is 62.2 Å². The highest BCUT2D eigenvalue weighted by Gasteiger charge is 2.67. The van der Waals surface area contributed by atoms with Crippen LogP contribution in [0.15, 0.2) is 12.2 Å². The predicted octanol–water partition coefficient (Wildman–Crippen LogP) is 2.67. The molecule has 1 spiro atoms. The Hall–Kier alpha value is -0.420. The average Bonchev–Trinajstić information content (AvgIpc) is 3.16. The van der Waals surface area contributed by atoms with Crippen LogP contribution in [0.25, 0.3) is 0 Å². The molecule has 0 aromatic carbocycles. The molecule has 2 bridgehead atoms. The van der Waals surface area contributed by atoms with Gasteiger partial charge in [0.1, 0.15) is 0 Å². The summed E-state index contributed by atoms with van der Waals surface area (Å²) in [4.78, 5) is 0. The van der Waals surface area contributed by atoms with Gasteiger partial charge < -0.3 is 19.7 Å². The first-order valence-corrected chi connectivity index (χ1v) is 9.63. The Morgan fingerprint density at radius 1 is 1.25 bits per heavy atom. The molecule has 0 aromatic heterocycles. The second-order valence-corrected chi connectivity index (χ2v) is 9.27. The van der Waals surface area contributed by atoms with Crippen molar-refractivity contribution in [1.29, 1.82) is 0 Å². The van der Waals surface area contributed by atoms with Crippen molar-refractivity contribution in [3.8, 4) is 0 Å². The van der Waals surface area contributed by atoms with Crippen LogP contribution in [0.1, 0.15) is 52.9 Å². The molecule has 3 saturated heterocycles. The SMILES string of the molecule is C=C1C[C@H]2O[C@H]([C@H]3[C@@H]2[C@]2(CC[C@@H]3C(C)C)CO2)[C@](C)(O)CC[C@@H]1O. The summed E-state index contributed by atoms with van der Waals surface area (Å²) in [5, 5.41) is 21.6. The van der Waals surface area contributed by atoms with Crippen LogP contribution >= 0.6 is 0 Å². The third-order valence-corrected chi connectivity index (χ3v) is 7.33. The van der Waals surface area contributed by atoms with Crippen molar-refractivity contribution >= 4 is 0 Å². The van der Waals surface area contributed by atoms with Crippen molar-refractivity contribution in [3.63, 3.8) is 0 Å². The van der Waals surface area contributed by atoms with Crippen LogP contribution < -0.4 is 0 Å². The lowest BCUT2D eigenvalue weighted by Gasteiger charge is -2.45. The first-order valence-electron chi connectivity index (χ1n) is 9.63. The van der Waals surface area contributed by atoms with E-state index in [1.165, 1.54) is 0 Å². The third-order valence-electron chi connectivity index (χ3n) is 7.33. The number of hydrogen-bond donors (Lipinski definition) is 2. The second-order valence-electron chi connectivity index (χ2n) is 9.27. The molecule has 0 unspecified atom stereocenters. The molecule has 1 aliphatic carbocycles. The molecule has 2 N–H and O–H groups in total. The molecule has 24 heavy (non-hydrogen) atoms. The molecular formula is C20H32O4. The predicted molar refractivity (Wildman–Crippen MR) is 91.5 cm³/mol. The van der Waals surface area contributed by atoms with Crippen LogP contribution in [-0.4, -0.2) is 46.3 Å². The highest BCUT2D eigenvalue weighted by Crippen LogP contribution is 2.61. The third kappa shape index (κ3) is 2.49. The van der Waals surface area contributed by atoms with E-state index in [9.17, 15) is 10.2 Å². The molecular weight excluding hydrogens is 304 g/mol. The molecule has 3 heterocycles. The van der Waals surface area contributed by atoms with Crippen molar-refractivity contribution < 1.29 is 19.7 Å². The summed E-state index contributed by atoms with van der Waals surface area (Å²) in [7, 11) is 0. The van der Waals surface area contributed by atoms with Crippen molar-refractivity contribution in [2.24, 2.45) is 23.7 Å². The molecule has 136 valence electrons. The lowest BCUT2D eigenvalue weighted by atomic mass is 9.59. The van der Waals surface area contributed by atoms with E-state index in [0.717, 1.165) is 25.0 Å². The first kappa shape index (κ1) is 17.0. The number of rotatable bonds is 1. The Labute approximate surface area is 145 Å². The fourth-order valence-corrected chi connectivity index (χ4v) is 5.86. The molecule has 0 radical (unpaired) electrons. The highest BCUT2D eigenvalue weighted by molar-refractivity contribution is 5.18.